The number of likely N-dealkylation sites (tertiary alicyclic amines) is 1. The molecule has 0 spiro atoms. The van der Waals surface area contributed by atoms with Crippen molar-refractivity contribution < 1.29 is 9.59 Å². The van der Waals surface area contributed by atoms with Crippen molar-refractivity contribution >= 4 is 11.9 Å². The molecule has 1 aliphatic rings. The number of nitrogens with zero attached hydrogens (tertiary/aromatic N) is 2. The van der Waals surface area contributed by atoms with Gasteiger partial charge in [-0.05, 0) is 25.0 Å². The summed E-state index contributed by atoms with van der Waals surface area (Å²) in [7, 11) is 0. The molecule has 3 amide bonds. The summed E-state index contributed by atoms with van der Waals surface area (Å²) in [5.41, 5.74) is 0.802. The van der Waals surface area contributed by atoms with Crippen molar-refractivity contribution in [2.24, 2.45) is 0 Å². The Kier molecular flexibility index (Phi) is 5.34. The summed E-state index contributed by atoms with van der Waals surface area (Å²) in [5, 5.41) is 5.39. The maximum absolute atomic E-state index is 11.8. The third kappa shape index (κ3) is 4.53. The lowest BCUT2D eigenvalue weighted by atomic mass is 10.3. The normalized spacial score (nSPS) is 14.1. The SMILES string of the molecule is O=C(NCCC(=O)N1CCCC1)NCc1ccccn1. The van der Waals surface area contributed by atoms with E-state index in [1.54, 1.807) is 6.20 Å². The van der Waals surface area contributed by atoms with Crippen LogP contribution in [0.3, 0.4) is 0 Å². The zero-order chi connectivity index (χ0) is 14.2. The minimum absolute atomic E-state index is 0.118. The Morgan fingerprint density at radius 2 is 2.00 bits per heavy atom. The Morgan fingerprint density at radius 1 is 1.20 bits per heavy atom. The number of carbonyl (C=O) groups excluding carboxylic acids is 2. The third-order valence-corrected chi connectivity index (χ3v) is 3.24. The largest absolute Gasteiger partial charge is 0.343 e. The lowest BCUT2D eigenvalue weighted by molar-refractivity contribution is -0.129. The summed E-state index contributed by atoms with van der Waals surface area (Å²) in [6.07, 6.45) is 4.22. The van der Waals surface area contributed by atoms with Crippen LogP contribution < -0.4 is 10.6 Å². The molecule has 0 saturated carbocycles. The monoisotopic (exact) mass is 276 g/mol. The molecular formula is C14H20N4O2. The first kappa shape index (κ1) is 14.3. The number of rotatable bonds is 5. The van der Waals surface area contributed by atoms with Crippen molar-refractivity contribution in [1.29, 1.82) is 0 Å². The predicted octanol–water partition coefficient (Wildman–Crippen LogP) is 0.893. The summed E-state index contributed by atoms with van der Waals surface area (Å²) >= 11 is 0. The van der Waals surface area contributed by atoms with Gasteiger partial charge in [0.25, 0.3) is 0 Å². The quantitative estimate of drug-likeness (QED) is 0.839. The minimum Gasteiger partial charge on any atom is -0.343 e. The second kappa shape index (κ2) is 7.47. The molecule has 0 radical (unpaired) electrons. The van der Waals surface area contributed by atoms with Gasteiger partial charge < -0.3 is 15.5 Å². The van der Waals surface area contributed by atoms with Crippen molar-refractivity contribution in [1.82, 2.24) is 20.5 Å². The molecule has 6 heteroatoms. The van der Waals surface area contributed by atoms with E-state index in [1.807, 2.05) is 23.1 Å². The van der Waals surface area contributed by atoms with Crippen LogP contribution in [0.15, 0.2) is 24.4 Å². The molecule has 0 aliphatic carbocycles. The topological polar surface area (TPSA) is 74.3 Å². The van der Waals surface area contributed by atoms with E-state index in [0.717, 1.165) is 31.6 Å². The number of amides is 3. The van der Waals surface area contributed by atoms with E-state index >= 15 is 0 Å². The summed E-state index contributed by atoms with van der Waals surface area (Å²) in [5.74, 6) is 0.118. The number of carbonyl (C=O) groups is 2. The van der Waals surface area contributed by atoms with Gasteiger partial charge in [0.2, 0.25) is 5.91 Å². The number of urea groups is 1. The number of aromatic nitrogens is 1. The molecule has 0 bridgehead atoms. The number of hydrogen-bond acceptors (Lipinski definition) is 3. The highest BCUT2D eigenvalue weighted by molar-refractivity contribution is 5.78. The van der Waals surface area contributed by atoms with Crippen molar-refractivity contribution in [2.45, 2.75) is 25.8 Å². The highest BCUT2D eigenvalue weighted by Gasteiger charge is 2.17. The second-order valence-electron chi connectivity index (χ2n) is 4.77. The van der Waals surface area contributed by atoms with Crippen LogP contribution in [0.4, 0.5) is 4.79 Å². The van der Waals surface area contributed by atoms with Gasteiger partial charge in [-0.25, -0.2) is 4.79 Å². The van der Waals surface area contributed by atoms with Gasteiger partial charge in [0, 0.05) is 32.3 Å². The van der Waals surface area contributed by atoms with Crippen LogP contribution in [0.2, 0.25) is 0 Å². The van der Waals surface area contributed by atoms with Crippen molar-refractivity contribution in [3.05, 3.63) is 30.1 Å². The highest BCUT2D eigenvalue weighted by Crippen LogP contribution is 2.08. The summed E-state index contributed by atoms with van der Waals surface area (Å²) in [6.45, 7) is 2.45. The molecule has 6 nitrogen and oxygen atoms in total. The molecule has 0 unspecified atom stereocenters. The van der Waals surface area contributed by atoms with E-state index in [0.29, 0.717) is 19.5 Å². The Balaban J connectivity index is 1.59. The molecule has 1 aromatic rings. The molecule has 0 aromatic carbocycles. The zero-order valence-corrected chi connectivity index (χ0v) is 11.5. The van der Waals surface area contributed by atoms with Gasteiger partial charge in [-0.2, -0.15) is 0 Å². The van der Waals surface area contributed by atoms with E-state index in [2.05, 4.69) is 15.6 Å². The molecule has 1 fully saturated rings. The lowest BCUT2D eigenvalue weighted by Gasteiger charge is -2.15. The second-order valence-corrected chi connectivity index (χ2v) is 4.77. The van der Waals surface area contributed by atoms with E-state index in [4.69, 9.17) is 0 Å². The number of hydrogen-bond donors (Lipinski definition) is 2. The summed E-state index contributed by atoms with van der Waals surface area (Å²) in [6, 6.07) is 5.27. The Bertz CT molecular complexity index is 444. The number of pyridine rings is 1. The van der Waals surface area contributed by atoms with Crippen molar-refractivity contribution in [2.75, 3.05) is 19.6 Å². The molecular weight excluding hydrogens is 256 g/mol. The van der Waals surface area contributed by atoms with Gasteiger partial charge >= 0.3 is 6.03 Å². The van der Waals surface area contributed by atoms with Gasteiger partial charge in [-0.15, -0.1) is 0 Å². The number of nitrogens with one attached hydrogen (secondary N) is 2. The fourth-order valence-corrected chi connectivity index (χ4v) is 2.14. The third-order valence-electron chi connectivity index (χ3n) is 3.24. The average molecular weight is 276 g/mol. The molecule has 1 aromatic heterocycles. The summed E-state index contributed by atoms with van der Waals surface area (Å²) in [4.78, 5) is 29.3. The lowest BCUT2D eigenvalue weighted by Crippen LogP contribution is -2.38. The molecule has 2 heterocycles. The van der Waals surface area contributed by atoms with Gasteiger partial charge in [-0.1, -0.05) is 6.07 Å². The zero-order valence-electron chi connectivity index (χ0n) is 11.5. The molecule has 1 aliphatic heterocycles. The Hall–Kier alpha value is -2.11. The van der Waals surface area contributed by atoms with Gasteiger partial charge in [0.15, 0.2) is 0 Å². The molecule has 20 heavy (non-hydrogen) atoms. The van der Waals surface area contributed by atoms with Crippen LogP contribution >= 0.6 is 0 Å². The standard InChI is InChI=1S/C14H20N4O2/c19-13(18-9-3-4-10-18)6-8-16-14(20)17-11-12-5-1-2-7-15-12/h1-2,5,7H,3-4,6,8-11H2,(H2,16,17,20). The Morgan fingerprint density at radius 3 is 2.70 bits per heavy atom. The minimum atomic E-state index is -0.273. The van der Waals surface area contributed by atoms with Crippen LogP contribution in [-0.2, 0) is 11.3 Å². The molecule has 108 valence electrons. The predicted molar refractivity (Wildman–Crippen MR) is 74.9 cm³/mol. The molecule has 2 N–H and O–H groups in total. The average Bonchev–Trinajstić information content (AvgIpc) is 3.00. The fraction of sp³-hybridized carbons (Fsp3) is 0.500. The molecule has 2 rings (SSSR count). The van der Waals surface area contributed by atoms with Crippen LogP contribution in [0.5, 0.6) is 0 Å². The maximum atomic E-state index is 11.8. The van der Waals surface area contributed by atoms with E-state index in [-0.39, 0.29) is 11.9 Å². The molecule has 1 saturated heterocycles. The highest BCUT2D eigenvalue weighted by atomic mass is 16.2. The summed E-state index contributed by atoms with van der Waals surface area (Å²) < 4.78 is 0. The van der Waals surface area contributed by atoms with Crippen LogP contribution in [-0.4, -0.2) is 41.5 Å². The van der Waals surface area contributed by atoms with E-state index in [1.165, 1.54) is 0 Å². The van der Waals surface area contributed by atoms with Crippen molar-refractivity contribution in [3.8, 4) is 0 Å². The smallest absolute Gasteiger partial charge is 0.315 e. The molecule has 0 atom stereocenters. The first-order chi connectivity index (χ1) is 9.75. The first-order valence-electron chi connectivity index (χ1n) is 6.95. The van der Waals surface area contributed by atoms with Gasteiger partial charge in [-0.3, -0.25) is 9.78 Å². The van der Waals surface area contributed by atoms with Crippen LogP contribution in [0.1, 0.15) is 25.0 Å². The Labute approximate surface area is 118 Å². The fourth-order valence-electron chi connectivity index (χ4n) is 2.14. The van der Waals surface area contributed by atoms with Gasteiger partial charge in [0.1, 0.15) is 0 Å². The first-order valence-corrected chi connectivity index (χ1v) is 6.95. The van der Waals surface area contributed by atoms with E-state index < -0.39 is 0 Å². The van der Waals surface area contributed by atoms with Crippen LogP contribution in [0.25, 0.3) is 0 Å². The maximum Gasteiger partial charge on any atom is 0.315 e. The van der Waals surface area contributed by atoms with Crippen LogP contribution in [0, 0.1) is 0 Å². The van der Waals surface area contributed by atoms with Crippen molar-refractivity contribution in [3.63, 3.8) is 0 Å². The van der Waals surface area contributed by atoms with Gasteiger partial charge in [0.05, 0.1) is 12.2 Å². The van der Waals surface area contributed by atoms with E-state index in [9.17, 15) is 9.59 Å².